The largest absolute Gasteiger partial charge is 0.491 e. The van der Waals surface area contributed by atoms with Crippen molar-refractivity contribution in [2.75, 3.05) is 32.2 Å². The lowest BCUT2D eigenvalue weighted by molar-refractivity contribution is -0.144. The van der Waals surface area contributed by atoms with Gasteiger partial charge < -0.3 is 19.5 Å². The molecule has 0 aliphatic carbocycles. The van der Waals surface area contributed by atoms with Gasteiger partial charge in [-0.05, 0) is 30.5 Å². The predicted molar refractivity (Wildman–Crippen MR) is 107 cm³/mol. The van der Waals surface area contributed by atoms with Gasteiger partial charge in [-0.2, -0.15) is 0 Å². The van der Waals surface area contributed by atoms with Gasteiger partial charge in [-0.3, -0.25) is 9.59 Å². The van der Waals surface area contributed by atoms with E-state index >= 15 is 0 Å². The first-order chi connectivity index (χ1) is 13.7. The minimum atomic E-state index is -0.361. The van der Waals surface area contributed by atoms with Gasteiger partial charge in [0.15, 0.2) is 0 Å². The van der Waals surface area contributed by atoms with Crippen LogP contribution in [0.4, 0.5) is 5.69 Å². The molecule has 6 nitrogen and oxygen atoms in total. The molecule has 0 aliphatic heterocycles. The fourth-order valence-electron chi connectivity index (χ4n) is 2.52. The Balaban J connectivity index is 1.62. The fourth-order valence-corrected chi connectivity index (χ4v) is 2.52. The van der Waals surface area contributed by atoms with Gasteiger partial charge in [-0.15, -0.1) is 0 Å². The lowest BCUT2D eigenvalue weighted by Gasteiger charge is -2.09. The number of nitrogens with one attached hydrogen (secondary N) is 1. The van der Waals surface area contributed by atoms with E-state index in [0.717, 1.165) is 12.8 Å². The summed E-state index contributed by atoms with van der Waals surface area (Å²) < 4.78 is 15.6. The smallest absolute Gasteiger partial charge is 0.306 e. The number of rotatable bonds is 12. The van der Waals surface area contributed by atoms with E-state index in [1.54, 1.807) is 31.4 Å². The summed E-state index contributed by atoms with van der Waals surface area (Å²) in [6.45, 7) is 1.28. The first kappa shape index (κ1) is 21.4. The molecule has 0 bridgehead atoms. The van der Waals surface area contributed by atoms with E-state index in [0.29, 0.717) is 31.3 Å². The van der Waals surface area contributed by atoms with Crippen LogP contribution in [0.15, 0.2) is 54.6 Å². The molecular weight excluding hydrogens is 358 g/mol. The molecule has 28 heavy (non-hydrogen) atoms. The highest BCUT2D eigenvalue weighted by Crippen LogP contribution is 2.17. The minimum Gasteiger partial charge on any atom is -0.491 e. The molecule has 150 valence electrons. The summed E-state index contributed by atoms with van der Waals surface area (Å²) in [5.74, 6) is 0.0443. The molecular formula is C22H27NO5. The number of hydrogen-bond donors (Lipinski definition) is 1. The Morgan fingerprint density at radius 3 is 2.54 bits per heavy atom. The van der Waals surface area contributed by atoms with E-state index in [-0.39, 0.29) is 24.7 Å². The monoisotopic (exact) mass is 385 g/mol. The third-order valence-corrected chi connectivity index (χ3v) is 3.95. The highest BCUT2D eigenvalue weighted by atomic mass is 16.5. The minimum absolute atomic E-state index is 0.0567. The molecule has 0 atom stereocenters. The van der Waals surface area contributed by atoms with Crippen LogP contribution >= 0.6 is 0 Å². The van der Waals surface area contributed by atoms with E-state index in [9.17, 15) is 9.59 Å². The third-order valence-electron chi connectivity index (χ3n) is 3.95. The topological polar surface area (TPSA) is 73.9 Å². The summed E-state index contributed by atoms with van der Waals surface area (Å²) in [7, 11) is 1.61. The van der Waals surface area contributed by atoms with Crippen molar-refractivity contribution in [1.29, 1.82) is 0 Å². The first-order valence-corrected chi connectivity index (χ1v) is 9.38. The Labute approximate surface area is 165 Å². The van der Waals surface area contributed by atoms with Gasteiger partial charge in [0.1, 0.15) is 12.4 Å². The van der Waals surface area contributed by atoms with Crippen molar-refractivity contribution in [3.63, 3.8) is 0 Å². The SMILES string of the molecule is COCCOc1cccc(NC(=O)CCC(=O)OCCCc2ccccc2)c1. The number of anilines is 1. The maximum atomic E-state index is 12.0. The predicted octanol–water partition coefficient (Wildman–Crippen LogP) is 3.61. The first-order valence-electron chi connectivity index (χ1n) is 9.38. The van der Waals surface area contributed by atoms with Crippen LogP contribution < -0.4 is 10.1 Å². The van der Waals surface area contributed by atoms with Crippen LogP contribution in [0.25, 0.3) is 0 Å². The number of aryl methyl sites for hydroxylation is 1. The molecule has 0 aromatic heterocycles. The van der Waals surface area contributed by atoms with E-state index in [4.69, 9.17) is 14.2 Å². The molecule has 0 fully saturated rings. The Morgan fingerprint density at radius 2 is 1.75 bits per heavy atom. The maximum absolute atomic E-state index is 12.0. The molecule has 0 radical (unpaired) electrons. The molecule has 2 aromatic rings. The zero-order valence-corrected chi connectivity index (χ0v) is 16.2. The van der Waals surface area contributed by atoms with Crippen LogP contribution in [0.2, 0.25) is 0 Å². The van der Waals surface area contributed by atoms with Gasteiger partial charge >= 0.3 is 5.97 Å². The molecule has 0 aliphatic rings. The lowest BCUT2D eigenvalue weighted by Crippen LogP contribution is -2.15. The van der Waals surface area contributed by atoms with Gasteiger partial charge in [0.25, 0.3) is 0 Å². The molecule has 6 heteroatoms. The average molecular weight is 385 g/mol. The zero-order chi connectivity index (χ0) is 20.0. The van der Waals surface area contributed by atoms with Crippen molar-refractivity contribution in [3.05, 3.63) is 60.2 Å². The normalized spacial score (nSPS) is 10.3. The molecule has 0 spiro atoms. The van der Waals surface area contributed by atoms with Crippen LogP contribution in [0, 0.1) is 0 Å². The number of carbonyl (C=O) groups is 2. The number of ether oxygens (including phenoxy) is 3. The number of benzene rings is 2. The number of hydrogen-bond acceptors (Lipinski definition) is 5. The Hall–Kier alpha value is -2.86. The number of methoxy groups -OCH3 is 1. The molecule has 0 saturated heterocycles. The zero-order valence-electron chi connectivity index (χ0n) is 16.2. The van der Waals surface area contributed by atoms with Crippen LogP contribution in [0.3, 0.4) is 0 Å². The van der Waals surface area contributed by atoms with Gasteiger partial charge in [0, 0.05) is 25.3 Å². The van der Waals surface area contributed by atoms with Gasteiger partial charge in [-0.25, -0.2) is 0 Å². The van der Waals surface area contributed by atoms with Crippen molar-refractivity contribution in [1.82, 2.24) is 0 Å². The molecule has 2 aromatic carbocycles. The highest BCUT2D eigenvalue weighted by molar-refractivity contribution is 5.92. The van der Waals surface area contributed by atoms with Crippen molar-refractivity contribution < 1.29 is 23.8 Å². The lowest BCUT2D eigenvalue weighted by atomic mass is 10.1. The number of carbonyl (C=O) groups excluding carboxylic acids is 2. The summed E-state index contributed by atoms with van der Waals surface area (Å²) in [5.41, 5.74) is 1.84. The summed E-state index contributed by atoms with van der Waals surface area (Å²) in [5, 5.41) is 2.76. The van der Waals surface area contributed by atoms with Crippen LogP contribution in [-0.2, 0) is 25.5 Å². The van der Waals surface area contributed by atoms with Crippen LogP contribution in [0.1, 0.15) is 24.8 Å². The quantitative estimate of drug-likeness (QED) is 0.446. The van der Waals surface area contributed by atoms with Crippen molar-refractivity contribution in [2.24, 2.45) is 0 Å². The number of esters is 1. The number of amides is 1. The van der Waals surface area contributed by atoms with Gasteiger partial charge in [-0.1, -0.05) is 36.4 Å². The molecule has 0 heterocycles. The summed E-state index contributed by atoms with van der Waals surface area (Å²) >= 11 is 0. The fraction of sp³-hybridized carbons (Fsp3) is 0.364. The van der Waals surface area contributed by atoms with E-state index in [1.165, 1.54) is 5.56 Å². The Kier molecular flexibility index (Phi) is 9.58. The highest BCUT2D eigenvalue weighted by Gasteiger charge is 2.09. The molecule has 1 amide bonds. The Morgan fingerprint density at radius 1 is 0.929 bits per heavy atom. The van der Waals surface area contributed by atoms with E-state index < -0.39 is 0 Å². The average Bonchev–Trinajstić information content (AvgIpc) is 2.71. The second kappa shape index (κ2) is 12.5. The second-order valence-electron chi connectivity index (χ2n) is 6.23. The Bertz CT molecular complexity index is 733. The van der Waals surface area contributed by atoms with Gasteiger partial charge in [0.2, 0.25) is 5.91 Å². The third kappa shape index (κ3) is 8.68. The maximum Gasteiger partial charge on any atom is 0.306 e. The van der Waals surface area contributed by atoms with Crippen LogP contribution in [-0.4, -0.2) is 38.8 Å². The molecule has 0 unspecified atom stereocenters. The molecule has 1 N–H and O–H groups in total. The van der Waals surface area contributed by atoms with Crippen molar-refractivity contribution in [2.45, 2.75) is 25.7 Å². The summed E-state index contributed by atoms with van der Waals surface area (Å²) in [4.78, 5) is 23.8. The van der Waals surface area contributed by atoms with Gasteiger partial charge in [0.05, 0.1) is 19.6 Å². The van der Waals surface area contributed by atoms with E-state index in [1.807, 2.05) is 30.3 Å². The summed E-state index contributed by atoms with van der Waals surface area (Å²) in [6, 6.07) is 17.1. The molecule has 0 saturated carbocycles. The molecule has 2 rings (SSSR count). The second-order valence-corrected chi connectivity index (χ2v) is 6.23. The standard InChI is InChI=1S/C22H27NO5/c1-26-15-16-27-20-11-5-10-19(17-20)23-21(24)12-13-22(25)28-14-6-9-18-7-3-2-4-8-18/h2-5,7-8,10-11,17H,6,9,12-16H2,1H3,(H,23,24). The van der Waals surface area contributed by atoms with Crippen LogP contribution in [0.5, 0.6) is 5.75 Å². The summed E-state index contributed by atoms with van der Waals surface area (Å²) in [6.07, 6.45) is 1.75. The van der Waals surface area contributed by atoms with Crippen molar-refractivity contribution in [3.8, 4) is 5.75 Å². The van der Waals surface area contributed by atoms with Crippen molar-refractivity contribution >= 4 is 17.6 Å². The van der Waals surface area contributed by atoms with E-state index in [2.05, 4.69) is 5.32 Å².